The van der Waals surface area contributed by atoms with Crippen molar-refractivity contribution in [2.75, 3.05) is 61.3 Å². The molecular formula is C49H61F2N11O5. The number of halogens is 2. The van der Waals surface area contributed by atoms with E-state index in [9.17, 15) is 32.8 Å². The lowest BCUT2D eigenvalue weighted by Gasteiger charge is -2.34. The van der Waals surface area contributed by atoms with Crippen LogP contribution < -0.4 is 20.9 Å². The third kappa shape index (κ3) is 10.4. The molecule has 3 N–H and O–H groups in total. The second-order valence-electron chi connectivity index (χ2n) is 18.9. The predicted molar refractivity (Wildman–Crippen MR) is 249 cm³/mol. The monoisotopic (exact) mass is 921 g/mol. The van der Waals surface area contributed by atoms with E-state index in [1.54, 1.807) is 43.2 Å². The number of benzene rings is 2. The Kier molecular flexibility index (Phi) is 13.7. The molecule has 4 aromatic rings. The Morgan fingerprint density at radius 1 is 0.910 bits per heavy atom. The molecule has 5 amide bonds. The average molecular weight is 922 g/mol. The number of carbonyl (C=O) groups is 5. The number of hydrogen-bond donors (Lipinski definition) is 3. The van der Waals surface area contributed by atoms with E-state index in [2.05, 4.69) is 35.5 Å². The largest absolute Gasteiger partial charge is 0.374 e. The van der Waals surface area contributed by atoms with Gasteiger partial charge < -0.3 is 25.3 Å². The van der Waals surface area contributed by atoms with Gasteiger partial charge in [0.25, 0.3) is 6.43 Å². The smallest absolute Gasteiger partial charge is 0.264 e. The van der Waals surface area contributed by atoms with Gasteiger partial charge in [-0.25, -0.2) is 8.78 Å². The van der Waals surface area contributed by atoms with Gasteiger partial charge in [0.15, 0.2) is 5.82 Å². The number of fused-ring (bicyclic) bond motifs is 2. The average Bonchev–Trinajstić information content (AvgIpc) is 3.93. The Morgan fingerprint density at radius 2 is 1.70 bits per heavy atom. The molecule has 0 saturated carbocycles. The zero-order valence-corrected chi connectivity index (χ0v) is 38.4. The van der Waals surface area contributed by atoms with E-state index in [0.717, 1.165) is 92.8 Å². The molecule has 5 aliphatic heterocycles. The number of aromatic nitrogens is 4. The van der Waals surface area contributed by atoms with Gasteiger partial charge in [0, 0.05) is 105 Å². The molecule has 18 heteroatoms. The summed E-state index contributed by atoms with van der Waals surface area (Å²) in [4.78, 5) is 70.9. The first-order valence-electron chi connectivity index (χ1n) is 23.9. The number of rotatable bonds is 13. The van der Waals surface area contributed by atoms with Crippen LogP contribution in [-0.4, -0.2) is 116 Å². The van der Waals surface area contributed by atoms with Crippen LogP contribution in [0.2, 0.25) is 0 Å². The summed E-state index contributed by atoms with van der Waals surface area (Å²) >= 11 is 0. The molecule has 1 atom stereocenters. The van der Waals surface area contributed by atoms with E-state index in [-0.39, 0.29) is 54.1 Å². The van der Waals surface area contributed by atoms with Crippen LogP contribution in [0.15, 0.2) is 48.8 Å². The summed E-state index contributed by atoms with van der Waals surface area (Å²) in [5, 5.41) is 18.0. The molecule has 7 heterocycles. The molecule has 5 aliphatic rings. The van der Waals surface area contributed by atoms with E-state index in [1.807, 2.05) is 34.1 Å². The van der Waals surface area contributed by atoms with Crippen LogP contribution in [0.25, 0.3) is 11.1 Å². The Balaban J connectivity index is 0.761. The Bertz CT molecular complexity index is 2510. The Hall–Kier alpha value is -6.17. The molecular weight excluding hydrogens is 861 g/mol. The van der Waals surface area contributed by atoms with E-state index < -0.39 is 12.5 Å². The molecule has 0 bridgehead atoms. The molecule has 3 fully saturated rings. The van der Waals surface area contributed by atoms with Crippen molar-refractivity contribution in [3.63, 3.8) is 0 Å². The fraction of sp³-hybridized carbons (Fsp3) is 0.531. The Morgan fingerprint density at radius 3 is 2.43 bits per heavy atom. The van der Waals surface area contributed by atoms with Crippen molar-refractivity contribution in [1.82, 2.24) is 39.6 Å². The van der Waals surface area contributed by atoms with Crippen molar-refractivity contribution >= 4 is 52.4 Å². The molecule has 0 radical (unpaired) electrons. The van der Waals surface area contributed by atoms with Gasteiger partial charge in [-0.2, -0.15) is 10.2 Å². The number of carbonyl (C=O) groups excluding carboxylic acids is 5. The standard InChI is InChI=1S/C49H61F2N11O5/c1-31(63)60-23-17-42-40(29-60)48(61-18-5-7-33-24-38(34-27-52-57(2)28-34)39(47(50)51)26-43(33)61)56-62(42)37-15-21-59(22-16-37)46(66)10-3-6-32-13-19-58(20-14-32)30-45(65)54-36-9-4-8-35(25-36)53-41-11-12-44(64)55-49(41)67/h4,8-9,24-28,32,37,41,47,53H,3,5-7,10-23,29-30H2,1-2H3,(H,54,65)(H,55,64,67). The minimum atomic E-state index is -2.68. The zero-order valence-electron chi connectivity index (χ0n) is 38.4. The number of hydrogen-bond acceptors (Lipinski definition) is 10. The maximum atomic E-state index is 14.7. The van der Waals surface area contributed by atoms with Gasteiger partial charge in [-0.05, 0) is 118 Å². The normalized spacial score (nSPS) is 19.6. The third-order valence-corrected chi connectivity index (χ3v) is 14.4. The zero-order chi connectivity index (χ0) is 46.8. The van der Waals surface area contributed by atoms with Crippen molar-refractivity contribution in [1.29, 1.82) is 0 Å². The maximum absolute atomic E-state index is 14.7. The number of imide groups is 1. The number of nitrogens with zero attached hydrogens (tertiary/aromatic N) is 8. The van der Waals surface area contributed by atoms with E-state index >= 15 is 0 Å². The number of amides is 5. The lowest BCUT2D eigenvalue weighted by Crippen LogP contribution is -2.47. The highest BCUT2D eigenvalue weighted by Gasteiger charge is 2.35. The first-order chi connectivity index (χ1) is 32.4. The van der Waals surface area contributed by atoms with Crippen molar-refractivity contribution in [3.05, 3.63) is 71.2 Å². The van der Waals surface area contributed by atoms with Gasteiger partial charge in [-0.1, -0.05) is 6.07 Å². The van der Waals surface area contributed by atoms with Crippen molar-refractivity contribution in [2.24, 2.45) is 13.0 Å². The summed E-state index contributed by atoms with van der Waals surface area (Å²) < 4.78 is 33.2. The van der Waals surface area contributed by atoms with Gasteiger partial charge in [-0.3, -0.25) is 43.6 Å². The first kappa shape index (κ1) is 46.0. The summed E-state index contributed by atoms with van der Waals surface area (Å²) in [5.41, 5.74) is 6.21. The quantitative estimate of drug-likeness (QED) is 0.133. The molecule has 0 aliphatic carbocycles. The number of likely N-dealkylation sites (tertiary alicyclic amines) is 2. The van der Waals surface area contributed by atoms with Crippen molar-refractivity contribution in [3.8, 4) is 11.1 Å². The van der Waals surface area contributed by atoms with Crippen LogP contribution in [0, 0.1) is 5.92 Å². The molecule has 1 unspecified atom stereocenters. The van der Waals surface area contributed by atoms with E-state index in [0.29, 0.717) is 80.4 Å². The third-order valence-electron chi connectivity index (χ3n) is 14.4. The molecule has 2 aromatic heterocycles. The van der Waals surface area contributed by atoms with Crippen LogP contribution in [-0.2, 0) is 50.4 Å². The summed E-state index contributed by atoms with van der Waals surface area (Å²) in [6.07, 6.45) is 9.40. The molecule has 67 heavy (non-hydrogen) atoms. The fourth-order valence-corrected chi connectivity index (χ4v) is 10.7. The van der Waals surface area contributed by atoms with E-state index in [4.69, 9.17) is 5.10 Å². The van der Waals surface area contributed by atoms with Crippen LogP contribution in [0.5, 0.6) is 0 Å². The topological polar surface area (TPSA) is 170 Å². The predicted octanol–water partition coefficient (Wildman–Crippen LogP) is 6.11. The fourth-order valence-electron chi connectivity index (χ4n) is 10.7. The summed E-state index contributed by atoms with van der Waals surface area (Å²) in [6.45, 7) is 6.39. The van der Waals surface area contributed by atoms with Gasteiger partial charge in [0.1, 0.15) is 6.04 Å². The molecule has 356 valence electrons. The van der Waals surface area contributed by atoms with Gasteiger partial charge in [-0.15, -0.1) is 0 Å². The minimum absolute atomic E-state index is 0.00866. The molecule has 16 nitrogen and oxygen atoms in total. The molecule has 2 aromatic carbocycles. The highest BCUT2D eigenvalue weighted by Crippen LogP contribution is 2.44. The lowest BCUT2D eigenvalue weighted by atomic mass is 9.91. The van der Waals surface area contributed by atoms with Crippen LogP contribution in [0.1, 0.15) is 106 Å². The number of nitrogens with one attached hydrogen (secondary N) is 3. The number of alkyl halides is 2. The van der Waals surface area contributed by atoms with Gasteiger partial charge >= 0.3 is 0 Å². The van der Waals surface area contributed by atoms with Crippen LogP contribution in [0.4, 0.5) is 31.7 Å². The summed E-state index contributed by atoms with van der Waals surface area (Å²) in [6, 6.07) is 10.3. The number of piperidine rings is 3. The second-order valence-corrected chi connectivity index (χ2v) is 18.9. The minimum Gasteiger partial charge on any atom is -0.374 e. The SMILES string of the molecule is CC(=O)N1CCc2c(c(N3CCCc4cc(-c5cnn(C)c5)c(C(F)F)cc43)nn2C2CCN(C(=O)CCCC3CCN(CC(=O)Nc4cccc(NC5CCC(=O)NC5=O)c4)CC3)CC2)C1. The van der Waals surface area contributed by atoms with Crippen LogP contribution >= 0.6 is 0 Å². The van der Waals surface area contributed by atoms with Crippen molar-refractivity contribution < 1.29 is 32.8 Å². The van der Waals surface area contributed by atoms with E-state index in [1.165, 1.54) is 0 Å². The summed E-state index contributed by atoms with van der Waals surface area (Å²) in [5.74, 6) is 0.680. The lowest BCUT2D eigenvalue weighted by molar-refractivity contribution is -0.134. The Labute approximate surface area is 389 Å². The second kappa shape index (κ2) is 20.0. The molecule has 0 spiro atoms. The van der Waals surface area contributed by atoms with Crippen molar-refractivity contribution in [2.45, 2.75) is 109 Å². The maximum Gasteiger partial charge on any atom is 0.264 e. The first-order valence-corrected chi connectivity index (χ1v) is 23.9. The molecule has 3 saturated heterocycles. The number of aryl methyl sites for hydroxylation is 2. The highest BCUT2D eigenvalue weighted by atomic mass is 19.3. The van der Waals surface area contributed by atoms with Crippen LogP contribution in [0.3, 0.4) is 0 Å². The summed E-state index contributed by atoms with van der Waals surface area (Å²) in [7, 11) is 1.77. The van der Waals surface area contributed by atoms with Gasteiger partial charge in [0.2, 0.25) is 29.5 Å². The molecule has 9 rings (SSSR count). The van der Waals surface area contributed by atoms with Gasteiger partial charge in [0.05, 0.1) is 25.3 Å². The highest BCUT2D eigenvalue weighted by molar-refractivity contribution is 6.01. The number of anilines is 4.